The van der Waals surface area contributed by atoms with E-state index in [0.717, 1.165) is 12.1 Å². The van der Waals surface area contributed by atoms with Crippen LogP contribution < -0.4 is 9.47 Å². The number of carbonyl (C=O) groups excluding carboxylic acids is 1. The molecule has 15 atom stereocenters. The van der Waals surface area contributed by atoms with Crippen molar-refractivity contribution in [3.63, 3.8) is 0 Å². The van der Waals surface area contributed by atoms with Gasteiger partial charge in [0.25, 0.3) is 0 Å². The second-order valence-corrected chi connectivity index (χ2v) is 15.2. The number of phenolic OH excluding ortho intramolecular Hbond substituents is 3. The summed E-state index contributed by atoms with van der Waals surface area (Å²) < 4.78 is 46.5. The molecular weight excluding hydrogens is 856 g/mol. The summed E-state index contributed by atoms with van der Waals surface area (Å²) in [6.07, 6.45) is -24.5. The highest BCUT2D eigenvalue weighted by molar-refractivity contribution is 5.89. The molecule has 7 rings (SSSR count). The van der Waals surface area contributed by atoms with Crippen LogP contribution in [-0.4, -0.2) is 184 Å². The van der Waals surface area contributed by atoms with Crippen LogP contribution in [0.4, 0.5) is 0 Å². The number of carbonyl (C=O) groups is 1. The maximum Gasteiger partial charge on any atom is 0.402 e. The number of rotatable bonds is 13. The molecule has 0 bridgehead atoms. The third-order valence-electron chi connectivity index (χ3n) is 10.7. The number of hydrogen-bond acceptors (Lipinski definition) is 21. The van der Waals surface area contributed by atoms with Crippen LogP contribution in [0.1, 0.15) is 5.56 Å². The van der Waals surface area contributed by atoms with E-state index in [4.69, 9.17) is 37.6 Å². The zero-order valence-electron chi connectivity index (χ0n) is 33.3. The van der Waals surface area contributed by atoms with E-state index in [9.17, 15) is 71.2 Å². The average molecular weight is 904 g/mol. The van der Waals surface area contributed by atoms with Gasteiger partial charge >= 0.3 is 17.3 Å². The summed E-state index contributed by atoms with van der Waals surface area (Å²) in [4.78, 5) is 12.5. The van der Waals surface area contributed by atoms with Gasteiger partial charge in [-0.2, -0.15) is 0 Å². The van der Waals surface area contributed by atoms with Gasteiger partial charge in [-0.25, -0.2) is 9.21 Å². The summed E-state index contributed by atoms with van der Waals surface area (Å²) in [6, 6.07) is 14.8. The van der Waals surface area contributed by atoms with E-state index >= 15 is 0 Å². The van der Waals surface area contributed by atoms with E-state index in [2.05, 4.69) is 0 Å². The lowest BCUT2D eigenvalue weighted by Crippen LogP contribution is -2.65. The fourth-order valence-electron chi connectivity index (χ4n) is 7.16. The Morgan fingerprint density at radius 3 is 1.78 bits per heavy atom. The van der Waals surface area contributed by atoms with Gasteiger partial charge in [0.1, 0.15) is 102 Å². The van der Waals surface area contributed by atoms with Gasteiger partial charge in [-0.1, -0.05) is 12.1 Å². The number of esters is 1. The molecule has 3 aliphatic heterocycles. The van der Waals surface area contributed by atoms with Crippen molar-refractivity contribution < 1.29 is 109 Å². The summed E-state index contributed by atoms with van der Waals surface area (Å²) in [7, 11) is 0. The first-order chi connectivity index (χ1) is 30.6. The number of aromatic hydroxyl groups is 3. The summed E-state index contributed by atoms with van der Waals surface area (Å²) in [5, 5.41) is 136. The first kappa shape index (κ1) is 46.7. The van der Waals surface area contributed by atoms with Gasteiger partial charge < -0.3 is 99.5 Å². The normalized spacial score (nSPS) is 33.2. The molecule has 4 aromatic rings. The standard InChI is InChI=1S/C42H46O22/c43-14-26-30(49)33(52)36(55)40(61-26)59-24-12-21(47)11-23-22(24)13-25(38(58-23)18-4-8-20(46)9-5-18)60-42-39(35(54)31(50)27(15-44)62-42)64-41-37(56)34(53)32(51)28(63-41)16-57-29(48)10-3-17-1-6-19(45)7-2-17/h1-13,26-28,30-37,39-44,49-56H,14-16H2,(H2-,45,46,47,48)/p+1/t26-,27-,28-,30-,31-,32-,33+,34+,35+,36-,37-,39-,40-,41+,42-/m1/s1. The number of phenols is 3. The van der Waals surface area contributed by atoms with E-state index in [-0.39, 0.29) is 45.3 Å². The van der Waals surface area contributed by atoms with E-state index < -0.39 is 124 Å². The third-order valence-corrected chi connectivity index (χ3v) is 10.7. The Bertz CT molecular complexity index is 2240. The SMILES string of the molecule is O=C(/C=C/c1ccc(O)cc1)OC[C@H]1O[C@@H](O[C@H]2[C@H](Oc3cc4c(O[C@@H]5O[C@H](CO)[C@@H](O)[C@H](O)[C@H]5O)cc(O)cc4[o+]c3-c3ccc(O)cc3)O[C@H](CO)[C@@H](O)[C@@H]2O)[C@H](O)[C@@H](O)[C@@H]1O. The van der Waals surface area contributed by atoms with Crippen LogP contribution in [-0.2, 0) is 28.5 Å². The molecular formula is C42H47O22+. The third kappa shape index (κ3) is 10.00. The lowest BCUT2D eigenvalue weighted by molar-refractivity contribution is -0.358. The van der Waals surface area contributed by atoms with E-state index in [0.29, 0.717) is 5.56 Å². The molecule has 3 aliphatic rings. The molecule has 0 amide bonds. The van der Waals surface area contributed by atoms with Gasteiger partial charge in [-0.3, -0.25) is 0 Å². The smallest absolute Gasteiger partial charge is 0.402 e. The molecule has 3 aromatic carbocycles. The second kappa shape index (κ2) is 19.9. The molecule has 0 radical (unpaired) electrons. The molecule has 22 heteroatoms. The molecule has 64 heavy (non-hydrogen) atoms. The van der Waals surface area contributed by atoms with Gasteiger partial charge in [-0.15, -0.1) is 0 Å². The fourth-order valence-corrected chi connectivity index (χ4v) is 7.16. The highest BCUT2D eigenvalue weighted by Crippen LogP contribution is 2.42. The van der Waals surface area contributed by atoms with Crippen molar-refractivity contribution >= 4 is 23.0 Å². The van der Waals surface area contributed by atoms with Gasteiger partial charge in [0.05, 0.1) is 24.8 Å². The molecule has 1 aromatic heterocycles. The number of aliphatic hydroxyl groups excluding tert-OH is 10. The minimum absolute atomic E-state index is 0.00951. The zero-order valence-corrected chi connectivity index (χ0v) is 33.3. The lowest BCUT2D eigenvalue weighted by atomic mass is 9.97. The van der Waals surface area contributed by atoms with Crippen LogP contribution in [0.25, 0.3) is 28.4 Å². The molecule has 22 nitrogen and oxygen atoms in total. The van der Waals surface area contributed by atoms with Crippen LogP contribution in [0.15, 0.2) is 77.2 Å². The molecule has 0 unspecified atom stereocenters. The fraction of sp³-hybridized carbons (Fsp3) is 0.429. The molecule has 3 saturated heterocycles. The monoisotopic (exact) mass is 903 g/mol. The predicted molar refractivity (Wildman–Crippen MR) is 212 cm³/mol. The van der Waals surface area contributed by atoms with Crippen LogP contribution in [0, 0.1) is 0 Å². The van der Waals surface area contributed by atoms with Crippen molar-refractivity contribution in [3.05, 3.63) is 78.4 Å². The van der Waals surface area contributed by atoms with E-state index in [1.165, 1.54) is 66.7 Å². The number of hydrogen-bond donors (Lipinski definition) is 13. The molecule has 3 fully saturated rings. The minimum Gasteiger partial charge on any atom is -0.508 e. The van der Waals surface area contributed by atoms with Crippen molar-refractivity contribution in [2.24, 2.45) is 0 Å². The quantitative estimate of drug-likeness (QED) is 0.0390. The molecule has 346 valence electrons. The lowest BCUT2D eigenvalue weighted by Gasteiger charge is -2.45. The minimum atomic E-state index is -2.03. The Labute approximate surface area is 361 Å². The maximum absolute atomic E-state index is 12.5. The number of aliphatic hydroxyl groups is 10. The Morgan fingerprint density at radius 2 is 1.14 bits per heavy atom. The highest BCUT2D eigenvalue weighted by atomic mass is 16.8. The van der Waals surface area contributed by atoms with Gasteiger partial charge in [0, 0.05) is 18.2 Å². The number of ether oxygens (including phenoxy) is 7. The highest BCUT2D eigenvalue weighted by Gasteiger charge is 2.52. The Kier molecular flexibility index (Phi) is 14.5. The van der Waals surface area contributed by atoms with Crippen molar-refractivity contribution in [1.29, 1.82) is 0 Å². The topological polar surface area (TPSA) is 356 Å². The molecule has 0 saturated carbocycles. The summed E-state index contributed by atoms with van der Waals surface area (Å²) in [5.41, 5.74) is 0.686. The van der Waals surface area contributed by atoms with Crippen molar-refractivity contribution in [2.45, 2.75) is 92.1 Å². The maximum atomic E-state index is 12.5. The predicted octanol–water partition coefficient (Wildman–Crippen LogP) is -2.06. The number of fused-ring (bicyclic) bond motifs is 1. The van der Waals surface area contributed by atoms with E-state index in [1.807, 2.05) is 0 Å². The average Bonchev–Trinajstić information content (AvgIpc) is 3.28. The number of benzene rings is 3. The Balaban J connectivity index is 1.19. The second-order valence-electron chi connectivity index (χ2n) is 15.2. The van der Waals surface area contributed by atoms with Crippen molar-refractivity contribution in [3.8, 4) is 40.1 Å². The molecule has 4 heterocycles. The Hall–Kier alpha value is -5.28. The van der Waals surface area contributed by atoms with Crippen molar-refractivity contribution in [1.82, 2.24) is 0 Å². The Morgan fingerprint density at radius 1 is 0.594 bits per heavy atom. The summed E-state index contributed by atoms with van der Waals surface area (Å²) in [5.74, 6) is -2.11. The van der Waals surface area contributed by atoms with Crippen LogP contribution >= 0.6 is 0 Å². The van der Waals surface area contributed by atoms with Gasteiger partial charge in [0.2, 0.25) is 18.3 Å². The largest absolute Gasteiger partial charge is 0.508 e. The van der Waals surface area contributed by atoms with Crippen LogP contribution in [0.5, 0.6) is 28.7 Å². The first-order valence-corrected chi connectivity index (χ1v) is 19.7. The van der Waals surface area contributed by atoms with E-state index in [1.54, 1.807) is 0 Å². The summed E-state index contributed by atoms with van der Waals surface area (Å²) in [6.45, 7) is -2.32. The molecule has 0 spiro atoms. The van der Waals surface area contributed by atoms with Crippen molar-refractivity contribution in [2.75, 3.05) is 19.8 Å². The molecule has 0 aliphatic carbocycles. The van der Waals surface area contributed by atoms with Gasteiger partial charge in [0.15, 0.2) is 12.4 Å². The van der Waals surface area contributed by atoms with Gasteiger partial charge in [-0.05, 0) is 48.0 Å². The zero-order chi connectivity index (χ0) is 46.0. The van der Waals surface area contributed by atoms with Crippen LogP contribution in [0.3, 0.4) is 0 Å². The summed E-state index contributed by atoms with van der Waals surface area (Å²) >= 11 is 0. The first-order valence-electron chi connectivity index (χ1n) is 19.7. The van der Waals surface area contributed by atoms with Crippen LogP contribution in [0.2, 0.25) is 0 Å². The molecule has 13 N–H and O–H groups in total.